The Balaban J connectivity index is 1.85. The molecule has 128 valence electrons. The molecular formula is C16H25N3O2S2. The van der Waals surface area contributed by atoms with E-state index in [4.69, 9.17) is 0 Å². The lowest BCUT2D eigenvalue weighted by atomic mass is 9.94. The fourth-order valence-electron chi connectivity index (χ4n) is 2.35. The third-order valence-electron chi connectivity index (χ3n) is 3.67. The third kappa shape index (κ3) is 4.70. The molecule has 23 heavy (non-hydrogen) atoms. The highest BCUT2D eigenvalue weighted by molar-refractivity contribution is 7.99. The minimum atomic E-state index is -0.458. The van der Waals surface area contributed by atoms with Crippen molar-refractivity contribution in [1.29, 1.82) is 0 Å². The quantitative estimate of drug-likeness (QED) is 0.880. The summed E-state index contributed by atoms with van der Waals surface area (Å²) in [5.74, 6) is 1.25. The fourth-order valence-corrected chi connectivity index (χ4v) is 4.28. The first kappa shape index (κ1) is 18.3. The number of rotatable bonds is 5. The van der Waals surface area contributed by atoms with Gasteiger partial charge in [-0.25, -0.2) is 4.98 Å². The smallest absolute Gasteiger partial charge is 0.243 e. The normalized spacial score (nSPS) is 18.3. The maximum atomic E-state index is 12.4. The Bertz CT molecular complexity index is 566. The minimum absolute atomic E-state index is 0.0368. The molecule has 0 aliphatic carbocycles. The summed E-state index contributed by atoms with van der Waals surface area (Å²) >= 11 is 3.29. The molecule has 1 aromatic rings. The van der Waals surface area contributed by atoms with Gasteiger partial charge in [0.25, 0.3) is 0 Å². The van der Waals surface area contributed by atoms with Gasteiger partial charge in [0.15, 0.2) is 0 Å². The van der Waals surface area contributed by atoms with Crippen LogP contribution in [0.3, 0.4) is 0 Å². The molecule has 2 amide bonds. The number of hydrogen-bond donors (Lipinski definition) is 1. The zero-order valence-electron chi connectivity index (χ0n) is 14.2. The van der Waals surface area contributed by atoms with Crippen molar-refractivity contribution >= 4 is 34.9 Å². The lowest BCUT2D eigenvalue weighted by Gasteiger charge is -2.29. The third-order valence-corrected chi connectivity index (χ3v) is 5.72. The van der Waals surface area contributed by atoms with Gasteiger partial charge >= 0.3 is 0 Å². The van der Waals surface area contributed by atoms with E-state index in [0.717, 1.165) is 23.5 Å². The monoisotopic (exact) mass is 355 g/mol. The van der Waals surface area contributed by atoms with E-state index in [1.54, 1.807) is 28.0 Å². The second kappa shape index (κ2) is 7.66. The molecule has 1 aliphatic rings. The molecule has 0 radical (unpaired) electrons. The Morgan fingerprint density at radius 3 is 2.78 bits per heavy atom. The number of nitrogens with one attached hydrogen (secondary N) is 1. The lowest BCUT2D eigenvalue weighted by Crippen LogP contribution is -2.50. The maximum absolute atomic E-state index is 12.4. The molecule has 0 aromatic carbocycles. The first-order chi connectivity index (χ1) is 10.8. The number of amides is 2. The van der Waals surface area contributed by atoms with Crippen molar-refractivity contribution in [2.45, 2.75) is 46.6 Å². The van der Waals surface area contributed by atoms with Crippen LogP contribution >= 0.6 is 23.1 Å². The van der Waals surface area contributed by atoms with Crippen molar-refractivity contribution < 1.29 is 9.59 Å². The first-order valence-corrected chi connectivity index (χ1v) is 9.96. The number of thioether (sulfide) groups is 1. The fraction of sp³-hybridized carbons (Fsp3) is 0.688. The number of aromatic nitrogens is 1. The van der Waals surface area contributed by atoms with E-state index in [0.29, 0.717) is 18.2 Å². The van der Waals surface area contributed by atoms with Gasteiger partial charge in [-0.2, -0.15) is 0 Å². The van der Waals surface area contributed by atoms with Crippen LogP contribution in [0.1, 0.15) is 38.4 Å². The van der Waals surface area contributed by atoms with Crippen LogP contribution in [0, 0.1) is 5.41 Å². The summed E-state index contributed by atoms with van der Waals surface area (Å²) in [7, 11) is 0. The van der Waals surface area contributed by atoms with Gasteiger partial charge in [-0.05, 0) is 6.42 Å². The van der Waals surface area contributed by atoms with Crippen LogP contribution in [0.25, 0.3) is 0 Å². The predicted molar refractivity (Wildman–Crippen MR) is 95.6 cm³/mol. The van der Waals surface area contributed by atoms with E-state index in [1.807, 2.05) is 26.2 Å². The molecule has 1 fully saturated rings. The average Bonchev–Trinajstić information content (AvgIpc) is 3.14. The highest BCUT2D eigenvalue weighted by Crippen LogP contribution is 2.27. The van der Waals surface area contributed by atoms with Crippen molar-refractivity contribution in [3.05, 3.63) is 16.1 Å². The zero-order chi connectivity index (χ0) is 17.0. The highest BCUT2D eigenvalue weighted by atomic mass is 32.2. The zero-order valence-corrected chi connectivity index (χ0v) is 15.9. The molecule has 1 aromatic heterocycles. The van der Waals surface area contributed by atoms with E-state index >= 15 is 0 Å². The van der Waals surface area contributed by atoms with Crippen molar-refractivity contribution in [1.82, 2.24) is 15.2 Å². The van der Waals surface area contributed by atoms with Crippen molar-refractivity contribution in [2.75, 3.05) is 18.2 Å². The van der Waals surface area contributed by atoms with Crippen LogP contribution in [0.4, 0.5) is 0 Å². The molecule has 0 spiro atoms. The minimum Gasteiger partial charge on any atom is -0.354 e. The molecule has 1 N–H and O–H groups in total. The Kier molecular flexibility index (Phi) is 6.08. The van der Waals surface area contributed by atoms with Gasteiger partial charge in [0.1, 0.15) is 6.04 Å². The van der Waals surface area contributed by atoms with Crippen molar-refractivity contribution in [3.63, 3.8) is 0 Å². The van der Waals surface area contributed by atoms with Gasteiger partial charge < -0.3 is 10.2 Å². The molecule has 1 atom stereocenters. The Labute approximate surface area is 146 Å². The number of aryl methyl sites for hydroxylation is 1. The molecular weight excluding hydrogens is 330 g/mol. The van der Waals surface area contributed by atoms with Gasteiger partial charge in [-0.15, -0.1) is 23.1 Å². The van der Waals surface area contributed by atoms with Gasteiger partial charge in [-0.3, -0.25) is 9.59 Å². The number of carbonyl (C=O) groups excluding carboxylic acids is 2. The summed E-state index contributed by atoms with van der Waals surface area (Å²) in [6, 6.07) is -0.353. The Hall–Kier alpha value is -1.08. The molecule has 7 heteroatoms. The second-order valence-corrected chi connectivity index (χ2v) is 8.61. The summed E-state index contributed by atoms with van der Waals surface area (Å²) in [5, 5.41) is 6.13. The summed E-state index contributed by atoms with van der Waals surface area (Å²) in [4.78, 5) is 31.0. The molecule has 2 heterocycles. The molecule has 1 unspecified atom stereocenters. The number of carbonyl (C=O) groups is 2. The number of nitrogens with zero attached hydrogens (tertiary/aromatic N) is 2. The molecule has 1 aliphatic heterocycles. The molecule has 1 saturated heterocycles. The van der Waals surface area contributed by atoms with Gasteiger partial charge in [0.2, 0.25) is 11.8 Å². The van der Waals surface area contributed by atoms with E-state index in [1.165, 1.54) is 0 Å². The van der Waals surface area contributed by atoms with Crippen LogP contribution in [0.5, 0.6) is 0 Å². The lowest BCUT2D eigenvalue weighted by molar-refractivity contribution is -0.144. The van der Waals surface area contributed by atoms with Gasteiger partial charge in [0.05, 0.1) is 16.6 Å². The summed E-state index contributed by atoms with van der Waals surface area (Å²) < 4.78 is 0. The SMILES string of the molecule is CCc1nc(CCNC(=O)C2CSCN2C(=O)C(C)(C)C)cs1. The number of hydrogen-bond acceptors (Lipinski definition) is 5. The van der Waals surface area contributed by atoms with Crippen LogP contribution in [-0.2, 0) is 22.4 Å². The Morgan fingerprint density at radius 2 is 2.17 bits per heavy atom. The molecule has 0 saturated carbocycles. The standard InChI is InChI=1S/C16H25N3O2S2/c1-5-13-18-11(8-23-13)6-7-17-14(20)12-9-22-10-19(12)15(21)16(2,3)4/h8,12H,5-7,9-10H2,1-4H3,(H,17,20). The van der Waals surface area contributed by atoms with Crippen LogP contribution < -0.4 is 5.32 Å². The maximum Gasteiger partial charge on any atom is 0.243 e. The Morgan fingerprint density at radius 1 is 1.43 bits per heavy atom. The van der Waals surface area contributed by atoms with Crippen molar-refractivity contribution in [2.24, 2.45) is 5.41 Å². The van der Waals surface area contributed by atoms with Gasteiger partial charge in [-0.1, -0.05) is 27.7 Å². The van der Waals surface area contributed by atoms with Crippen molar-refractivity contribution in [3.8, 4) is 0 Å². The highest BCUT2D eigenvalue weighted by Gasteiger charge is 2.38. The predicted octanol–water partition coefficient (Wildman–Crippen LogP) is 2.31. The second-order valence-electron chi connectivity index (χ2n) is 6.67. The van der Waals surface area contributed by atoms with Crippen LogP contribution in [-0.4, -0.2) is 45.9 Å². The summed E-state index contributed by atoms with van der Waals surface area (Å²) in [5.41, 5.74) is 0.566. The molecule has 5 nitrogen and oxygen atoms in total. The van der Waals surface area contributed by atoms with Crippen LogP contribution in [0.15, 0.2) is 5.38 Å². The van der Waals surface area contributed by atoms with Crippen LogP contribution in [0.2, 0.25) is 0 Å². The van der Waals surface area contributed by atoms with Gasteiger partial charge in [0, 0.05) is 29.5 Å². The van der Waals surface area contributed by atoms with E-state index < -0.39 is 5.41 Å². The summed E-state index contributed by atoms with van der Waals surface area (Å²) in [6.07, 6.45) is 1.68. The first-order valence-electron chi connectivity index (χ1n) is 7.92. The van der Waals surface area contributed by atoms with E-state index in [2.05, 4.69) is 17.2 Å². The molecule has 2 rings (SSSR count). The summed E-state index contributed by atoms with van der Waals surface area (Å²) in [6.45, 7) is 8.32. The average molecular weight is 356 g/mol. The largest absolute Gasteiger partial charge is 0.354 e. The number of thiazole rings is 1. The van der Waals surface area contributed by atoms with E-state index in [9.17, 15) is 9.59 Å². The van der Waals surface area contributed by atoms with E-state index in [-0.39, 0.29) is 17.9 Å². The molecule has 0 bridgehead atoms. The topological polar surface area (TPSA) is 62.3 Å².